The average molecular weight is 258 g/mol. The minimum atomic E-state index is -0.525. The van der Waals surface area contributed by atoms with Crippen molar-refractivity contribution in [3.05, 3.63) is 0 Å². The fraction of sp³-hybridized carbons (Fsp3) is 0.923. The summed E-state index contributed by atoms with van der Waals surface area (Å²) in [5.74, 6) is -0.171. The van der Waals surface area contributed by atoms with E-state index >= 15 is 0 Å². The number of hydrogen-bond donors (Lipinski definition) is 1. The van der Waals surface area contributed by atoms with Gasteiger partial charge in [-0.05, 0) is 13.1 Å². The summed E-state index contributed by atoms with van der Waals surface area (Å²) >= 11 is 0. The summed E-state index contributed by atoms with van der Waals surface area (Å²) in [5, 5.41) is 3.35. The Hall–Kier alpha value is -0.650. The van der Waals surface area contributed by atoms with E-state index in [4.69, 9.17) is 9.47 Å². The zero-order valence-corrected chi connectivity index (χ0v) is 12.0. The standard InChI is InChI=1S/C13H26N2O3/c1-5-15(6-2)8-7-14-13(12(16)18-4)9-11(10-13)17-3/h11,14H,5-10H2,1-4H3. The molecule has 0 spiro atoms. The molecule has 18 heavy (non-hydrogen) atoms. The van der Waals surface area contributed by atoms with E-state index < -0.39 is 5.54 Å². The second-order valence-electron chi connectivity index (χ2n) is 4.79. The molecule has 0 saturated heterocycles. The quantitative estimate of drug-likeness (QED) is 0.647. The average Bonchev–Trinajstić information content (AvgIpc) is 2.36. The van der Waals surface area contributed by atoms with Crippen LogP contribution in [0.1, 0.15) is 26.7 Å². The number of ether oxygens (including phenoxy) is 2. The Morgan fingerprint density at radius 1 is 1.33 bits per heavy atom. The molecule has 0 aromatic carbocycles. The number of methoxy groups -OCH3 is 2. The van der Waals surface area contributed by atoms with Gasteiger partial charge in [0.25, 0.3) is 0 Å². The smallest absolute Gasteiger partial charge is 0.326 e. The van der Waals surface area contributed by atoms with Gasteiger partial charge in [0.15, 0.2) is 0 Å². The molecule has 0 aromatic heterocycles. The first-order valence-corrected chi connectivity index (χ1v) is 6.70. The normalized spacial score (nSPS) is 27.1. The van der Waals surface area contributed by atoms with Crippen LogP contribution in [0.2, 0.25) is 0 Å². The van der Waals surface area contributed by atoms with E-state index in [1.54, 1.807) is 7.11 Å². The lowest BCUT2D eigenvalue weighted by Crippen LogP contribution is -2.64. The van der Waals surface area contributed by atoms with Crippen molar-refractivity contribution < 1.29 is 14.3 Å². The van der Waals surface area contributed by atoms with Crippen molar-refractivity contribution in [3.63, 3.8) is 0 Å². The third-order valence-electron chi connectivity index (χ3n) is 3.85. The Kier molecular flexibility index (Phi) is 6.05. The molecule has 0 unspecified atom stereocenters. The zero-order valence-electron chi connectivity index (χ0n) is 12.0. The summed E-state index contributed by atoms with van der Waals surface area (Å²) in [7, 11) is 3.12. The van der Waals surface area contributed by atoms with E-state index in [2.05, 4.69) is 24.1 Å². The molecule has 0 atom stereocenters. The fourth-order valence-corrected chi connectivity index (χ4v) is 2.46. The summed E-state index contributed by atoms with van der Waals surface area (Å²) in [5.41, 5.74) is -0.525. The lowest BCUT2D eigenvalue weighted by molar-refractivity contribution is -0.160. The van der Waals surface area contributed by atoms with E-state index in [-0.39, 0.29) is 12.1 Å². The predicted molar refractivity (Wildman–Crippen MR) is 70.6 cm³/mol. The molecule has 1 aliphatic carbocycles. The summed E-state index contributed by atoms with van der Waals surface area (Å²) < 4.78 is 10.1. The van der Waals surface area contributed by atoms with Crippen LogP contribution in [-0.4, -0.2) is 62.9 Å². The topological polar surface area (TPSA) is 50.8 Å². The third-order valence-corrected chi connectivity index (χ3v) is 3.85. The van der Waals surface area contributed by atoms with Crippen molar-refractivity contribution in [2.75, 3.05) is 40.4 Å². The molecule has 1 rings (SSSR count). The van der Waals surface area contributed by atoms with Crippen molar-refractivity contribution in [2.45, 2.75) is 38.3 Å². The fourth-order valence-electron chi connectivity index (χ4n) is 2.46. The monoisotopic (exact) mass is 258 g/mol. The van der Waals surface area contributed by atoms with Crippen LogP contribution in [0.5, 0.6) is 0 Å². The Labute approximate surface area is 110 Å². The highest BCUT2D eigenvalue weighted by atomic mass is 16.5. The van der Waals surface area contributed by atoms with Crippen LogP contribution < -0.4 is 5.32 Å². The third kappa shape index (κ3) is 3.43. The van der Waals surface area contributed by atoms with Gasteiger partial charge in [0.05, 0.1) is 13.2 Å². The van der Waals surface area contributed by atoms with Gasteiger partial charge in [-0.25, -0.2) is 0 Å². The summed E-state index contributed by atoms with van der Waals surface area (Å²) in [6, 6.07) is 0. The van der Waals surface area contributed by atoms with Gasteiger partial charge in [0, 0.05) is 33.0 Å². The SMILES string of the molecule is CCN(CC)CCNC1(C(=O)OC)CC(OC)C1. The molecule has 0 aliphatic heterocycles. The maximum atomic E-state index is 11.8. The highest BCUT2D eigenvalue weighted by molar-refractivity contribution is 5.82. The number of likely N-dealkylation sites (N-methyl/N-ethyl adjacent to an activating group) is 1. The number of rotatable bonds is 8. The van der Waals surface area contributed by atoms with Gasteiger partial charge in [-0.2, -0.15) is 0 Å². The second-order valence-corrected chi connectivity index (χ2v) is 4.79. The lowest BCUT2D eigenvalue weighted by Gasteiger charge is -2.45. The molecule has 0 heterocycles. The molecule has 0 aromatic rings. The Morgan fingerprint density at radius 3 is 2.39 bits per heavy atom. The summed E-state index contributed by atoms with van der Waals surface area (Å²) in [6.45, 7) is 8.10. The Balaban J connectivity index is 2.42. The maximum absolute atomic E-state index is 11.8. The number of carbonyl (C=O) groups is 1. The number of hydrogen-bond acceptors (Lipinski definition) is 5. The molecule has 0 amide bonds. The van der Waals surface area contributed by atoms with Crippen LogP contribution in [0.4, 0.5) is 0 Å². The molecule has 1 saturated carbocycles. The largest absolute Gasteiger partial charge is 0.468 e. The zero-order chi connectivity index (χ0) is 13.6. The van der Waals surface area contributed by atoms with Gasteiger partial charge >= 0.3 is 5.97 Å². The minimum absolute atomic E-state index is 0.171. The molecule has 1 N–H and O–H groups in total. The van der Waals surface area contributed by atoms with Crippen LogP contribution in [0.3, 0.4) is 0 Å². The number of carbonyl (C=O) groups excluding carboxylic acids is 1. The number of esters is 1. The van der Waals surface area contributed by atoms with E-state index in [0.717, 1.165) is 26.2 Å². The van der Waals surface area contributed by atoms with Crippen molar-refractivity contribution in [1.29, 1.82) is 0 Å². The van der Waals surface area contributed by atoms with Crippen LogP contribution in [0.15, 0.2) is 0 Å². The highest BCUT2D eigenvalue weighted by Crippen LogP contribution is 2.35. The van der Waals surface area contributed by atoms with Crippen LogP contribution in [-0.2, 0) is 14.3 Å². The van der Waals surface area contributed by atoms with Gasteiger partial charge < -0.3 is 19.7 Å². The van der Waals surface area contributed by atoms with Gasteiger partial charge in [0.1, 0.15) is 5.54 Å². The Morgan fingerprint density at radius 2 is 1.94 bits per heavy atom. The summed E-state index contributed by atoms with van der Waals surface area (Å²) in [4.78, 5) is 14.2. The van der Waals surface area contributed by atoms with Crippen molar-refractivity contribution >= 4 is 5.97 Å². The van der Waals surface area contributed by atoms with Gasteiger partial charge in [-0.15, -0.1) is 0 Å². The molecule has 1 aliphatic rings. The van der Waals surface area contributed by atoms with E-state index in [1.165, 1.54) is 7.11 Å². The molecule has 5 nitrogen and oxygen atoms in total. The molecule has 0 radical (unpaired) electrons. The second kappa shape index (κ2) is 7.07. The van der Waals surface area contributed by atoms with Crippen molar-refractivity contribution in [3.8, 4) is 0 Å². The van der Waals surface area contributed by atoms with E-state index in [1.807, 2.05) is 0 Å². The van der Waals surface area contributed by atoms with E-state index in [9.17, 15) is 4.79 Å². The van der Waals surface area contributed by atoms with Crippen LogP contribution in [0.25, 0.3) is 0 Å². The Bertz CT molecular complexity index is 261. The van der Waals surface area contributed by atoms with Crippen molar-refractivity contribution in [2.24, 2.45) is 0 Å². The van der Waals surface area contributed by atoms with Gasteiger partial charge in [-0.3, -0.25) is 4.79 Å². The number of nitrogens with one attached hydrogen (secondary N) is 1. The van der Waals surface area contributed by atoms with Crippen molar-refractivity contribution in [1.82, 2.24) is 10.2 Å². The number of nitrogens with zero attached hydrogens (tertiary/aromatic N) is 1. The van der Waals surface area contributed by atoms with Gasteiger partial charge in [0.2, 0.25) is 0 Å². The molecule has 0 bridgehead atoms. The minimum Gasteiger partial charge on any atom is -0.468 e. The first-order valence-electron chi connectivity index (χ1n) is 6.70. The van der Waals surface area contributed by atoms with Crippen LogP contribution in [0, 0.1) is 0 Å². The highest BCUT2D eigenvalue weighted by Gasteiger charge is 2.51. The van der Waals surface area contributed by atoms with Crippen LogP contribution >= 0.6 is 0 Å². The van der Waals surface area contributed by atoms with Gasteiger partial charge in [-0.1, -0.05) is 13.8 Å². The molecular weight excluding hydrogens is 232 g/mol. The first-order chi connectivity index (χ1) is 8.61. The predicted octanol–water partition coefficient (Wildman–Crippen LogP) is 0.638. The molecule has 1 fully saturated rings. The maximum Gasteiger partial charge on any atom is 0.326 e. The van der Waals surface area contributed by atoms with E-state index in [0.29, 0.717) is 12.8 Å². The lowest BCUT2D eigenvalue weighted by atomic mass is 9.74. The molecule has 5 heteroatoms. The molecule has 106 valence electrons. The summed E-state index contributed by atoms with van der Waals surface area (Å²) in [6.07, 6.45) is 1.58. The molecular formula is C13H26N2O3. The first kappa shape index (κ1) is 15.4.